The van der Waals surface area contributed by atoms with Crippen LogP contribution in [-0.2, 0) is 0 Å². The Kier molecular flexibility index (Phi) is 6.34. The average Bonchev–Trinajstić information content (AvgIpc) is 3.16. The summed E-state index contributed by atoms with van der Waals surface area (Å²) in [5, 5.41) is 0.752. The number of rotatable bonds is 4. The van der Waals surface area contributed by atoms with E-state index in [1.807, 2.05) is 12.3 Å². The molecule has 0 bridgehead atoms. The van der Waals surface area contributed by atoms with Crippen molar-refractivity contribution in [3.63, 3.8) is 0 Å². The van der Waals surface area contributed by atoms with E-state index in [0.717, 1.165) is 67.8 Å². The molecule has 7 heteroatoms. The lowest BCUT2D eigenvalue weighted by Gasteiger charge is -2.39. The molecule has 2 fully saturated rings. The summed E-state index contributed by atoms with van der Waals surface area (Å²) in [7, 11) is 2.20. The van der Waals surface area contributed by atoms with Crippen LogP contribution < -0.4 is 4.90 Å². The molecule has 0 saturated carbocycles. The van der Waals surface area contributed by atoms with Crippen molar-refractivity contribution in [1.29, 1.82) is 0 Å². The number of aromatic nitrogens is 3. The third kappa shape index (κ3) is 4.13. The fraction of sp³-hybridized carbons (Fsp3) is 0.538. The maximum Gasteiger partial charge on any atom is 0.139 e. The largest absolute Gasteiger partial charge is 0.355 e. The Morgan fingerprint density at radius 3 is 2.39 bits per heavy atom. The first kappa shape index (κ1) is 22.6. The predicted molar refractivity (Wildman–Crippen MR) is 135 cm³/mol. The van der Waals surface area contributed by atoms with Crippen molar-refractivity contribution < 1.29 is 0 Å². The second kappa shape index (κ2) is 9.24. The van der Waals surface area contributed by atoms with Gasteiger partial charge in [-0.25, -0.2) is 4.98 Å². The number of pyridine rings is 2. The first-order valence-electron chi connectivity index (χ1n) is 12.2. The zero-order chi connectivity index (χ0) is 23.1. The molecule has 0 radical (unpaired) electrons. The van der Waals surface area contributed by atoms with Crippen LogP contribution in [0.5, 0.6) is 0 Å². The number of hydrogen-bond donors (Lipinski definition) is 0. The van der Waals surface area contributed by atoms with Crippen LogP contribution in [0.1, 0.15) is 62.1 Å². The number of piperazine rings is 1. The van der Waals surface area contributed by atoms with Gasteiger partial charge in [-0.3, -0.25) is 19.2 Å². The lowest BCUT2D eigenvalue weighted by Crippen LogP contribution is -2.49. The van der Waals surface area contributed by atoms with Gasteiger partial charge in [0.25, 0.3) is 0 Å². The molecule has 2 aliphatic rings. The van der Waals surface area contributed by atoms with Crippen molar-refractivity contribution in [2.75, 3.05) is 38.1 Å². The molecule has 0 amide bonds. The second-order valence-corrected chi connectivity index (χ2v) is 10.2. The molecule has 3 aromatic rings. The van der Waals surface area contributed by atoms with Crippen LogP contribution >= 0.6 is 11.6 Å². The molecule has 3 aromatic heterocycles. The van der Waals surface area contributed by atoms with Gasteiger partial charge in [0.2, 0.25) is 0 Å². The average molecular weight is 467 g/mol. The number of imidazole rings is 1. The molecular formula is C26H35ClN6. The Balaban J connectivity index is 1.47. The molecule has 6 nitrogen and oxygen atoms in total. The highest BCUT2D eigenvalue weighted by molar-refractivity contribution is 6.30. The van der Waals surface area contributed by atoms with Gasteiger partial charge in [0.1, 0.15) is 16.6 Å². The fourth-order valence-electron chi connectivity index (χ4n) is 5.62. The molecule has 5 heterocycles. The number of halogens is 1. The van der Waals surface area contributed by atoms with Crippen molar-refractivity contribution in [2.24, 2.45) is 0 Å². The number of piperidine rings is 1. The van der Waals surface area contributed by atoms with E-state index in [1.165, 1.54) is 11.3 Å². The van der Waals surface area contributed by atoms with Crippen LogP contribution in [-0.4, -0.2) is 63.4 Å². The highest BCUT2D eigenvalue weighted by atomic mass is 35.5. The maximum atomic E-state index is 7.11. The van der Waals surface area contributed by atoms with Crippen molar-refractivity contribution in [1.82, 2.24) is 24.2 Å². The van der Waals surface area contributed by atoms with E-state index < -0.39 is 0 Å². The molecular weight excluding hydrogens is 432 g/mol. The number of aryl methyl sites for hydroxylation is 1. The first-order valence-corrected chi connectivity index (χ1v) is 12.6. The maximum absolute atomic E-state index is 7.11. The number of fused-ring (bicyclic) bond motifs is 1. The third-order valence-electron chi connectivity index (χ3n) is 7.58. The second-order valence-electron chi connectivity index (χ2n) is 9.82. The van der Waals surface area contributed by atoms with Crippen molar-refractivity contribution in [3.05, 3.63) is 58.6 Å². The van der Waals surface area contributed by atoms with Gasteiger partial charge in [-0.15, -0.1) is 0 Å². The van der Waals surface area contributed by atoms with Gasteiger partial charge in [0.15, 0.2) is 0 Å². The molecule has 33 heavy (non-hydrogen) atoms. The molecule has 0 aliphatic carbocycles. The van der Waals surface area contributed by atoms with Gasteiger partial charge >= 0.3 is 0 Å². The SMILES string of the molecule is Cc1cccnc1C1CCCC(c2nc3cccc(N4CCN(C(C)C)CC4)n3c2Cl)N1C. The topological polar surface area (TPSA) is 39.9 Å². The van der Waals surface area contributed by atoms with Crippen LogP contribution in [0, 0.1) is 6.92 Å². The van der Waals surface area contributed by atoms with Crippen LogP contribution in [0.2, 0.25) is 5.15 Å². The molecule has 0 spiro atoms. The lowest BCUT2D eigenvalue weighted by molar-refractivity contribution is 0.109. The van der Waals surface area contributed by atoms with Gasteiger partial charge in [0.05, 0.1) is 23.5 Å². The Hall–Kier alpha value is -2.15. The molecule has 2 aliphatic heterocycles. The highest BCUT2D eigenvalue weighted by Gasteiger charge is 2.34. The summed E-state index contributed by atoms with van der Waals surface area (Å²) >= 11 is 7.11. The number of hydrogen-bond acceptors (Lipinski definition) is 5. The molecule has 0 aromatic carbocycles. The molecule has 176 valence electrons. The first-order chi connectivity index (χ1) is 16.0. The molecule has 0 N–H and O–H groups in total. The van der Waals surface area contributed by atoms with Crippen molar-refractivity contribution in [2.45, 2.75) is 58.2 Å². The van der Waals surface area contributed by atoms with E-state index in [9.17, 15) is 0 Å². The quantitative estimate of drug-likeness (QED) is 0.533. The van der Waals surface area contributed by atoms with E-state index in [4.69, 9.17) is 21.6 Å². The summed E-state index contributed by atoms with van der Waals surface area (Å²) in [5.41, 5.74) is 4.35. The van der Waals surface area contributed by atoms with E-state index >= 15 is 0 Å². The Morgan fingerprint density at radius 2 is 1.70 bits per heavy atom. The van der Waals surface area contributed by atoms with Crippen LogP contribution in [0.4, 0.5) is 5.82 Å². The summed E-state index contributed by atoms with van der Waals surface area (Å²) < 4.78 is 2.16. The zero-order valence-electron chi connectivity index (χ0n) is 20.2. The summed E-state index contributed by atoms with van der Waals surface area (Å²) in [6, 6.07) is 11.6. The molecule has 5 rings (SSSR count). The van der Waals surface area contributed by atoms with Crippen molar-refractivity contribution in [3.8, 4) is 0 Å². The zero-order valence-corrected chi connectivity index (χ0v) is 21.0. The van der Waals surface area contributed by atoms with Crippen LogP contribution in [0.15, 0.2) is 36.5 Å². The normalized spacial score (nSPS) is 23.0. The predicted octanol–water partition coefficient (Wildman–Crippen LogP) is 5.12. The van der Waals surface area contributed by atoms with E-state index in [-0.39, 0.29) is 12.1 Å². The van der Waals surface area contributed by atoms with Crippen LogP contribution in [0.3, 0.4) is 0 Å². The fourth-order valence-corrected chi connectivity index (χ4v) is 5.96. The molecule has 2 atom stereocenters. The van der Waals surface area contributed by atoms with Gasteiger partial charge in [0, 0.05) is 38.4 Å². The molecule has 2 saturated heterocycles. The van der Waals surface area contributed by atoms with Gasteiger partial charge in [-0.2, -0.15) is 0 Å². The number of likely N-dealkylation sites (tertiary alicyclic amines) is 1. The standard InChI is InChI=1S/C26H35ClN6/c1-18(2)31-14-16-32(17-15-31)23-12-6-11-22-29-25(26(27)33(22)23)21-10-5-9-20(30(21)4)24-19(3)8-7-13-28-24/h6-8,11-13,18,20-21H,5,9-10,14-17H2,1-4H3. The molecule has 2 unspecified atom stereocenters. The van der Waals surface area contributed by atoms with E-state index in [1.54, 1.807) is 0 Å². The minimum Gasteiger partial charge on any atom is -0.355 e. The van der Waals surface area contributed by atoms with E-state index in [0.29, 0.717) is 6.04 Å². The number of anilines is 1. The minimum absolute atomic E-state index is 0.184. The summed E-state index contributed by atoms with van der Waals surface area (Å²) in [5.74, 6) is 1.15. The minimum atomic E-state index is 0.184. The number of nitrogens with zero attached hydrogens (tertiary/aromatic N) is 6. The Morgan fingerprint density at radius 1 is 0.970 bits per heavy atom. The Bertz CT molecular complexity index is 1120. The van der Waals surface area contributed by atoms with Crippen LogP contribution in [0.25, 0.3) is 5.65 Å². The summed E-state index contributed by atoms with van der Waals surface area (Å²) in [4.78, 5) is 17.2. The van der Waals surface area contributed by atoms with Crippen molar-refractivity contribution >= 4 is 23.1 Å². The monoisotopic (exact) mass is 466 g/mol. The van der Waals surface area contributed by atoms with Gasteiger partial charge < -0.3 is 4.90 Å². The summed E-state index contributed by atoms with van der Waals surface area (Å²) in [6.45, 7) is 10.9. The smallest absolute Gasteiger partial charge is 0.139 e. The Labute approximate surface area is 202 Å². The van der Waals surface area contributed by atoms with Gasteiger partial charge in [-0.05, 0) is 70.8 Å². The van der Waals surface area contributed by atoms with E-state index in [2.05, 4.69) is 71.2 Å². The summed E-state index contributed by atoms with van der Waals surface area (Å²) in [6.07, 6.45) is 5.22. The van der Waals surface area contributed by atoms with Gasteiger partial charge in [-0.1, -0.05) is 23.7 Å². The third-order valence-corrected chi connectivity index (χ3v) is 7.94. The lowest BCUT2D eigenvalue weighted by atomic mass is 9.91. The highest BCUT2D eigenvalue weighted by Crippen LogP contribution is 2.42.